The molecule has 0 aliphatic carbocycles. The first kappa shape index (κ1) is 29.2. The Bertz CT molecular complexity index is 1270. The number of aromatic nitrogens is 1. The predicted octanol–water partition coefficient (Wildman–Crippen LogP) is 4.01. The fourth-order valence-electron chi connectivity index (χ4n) is 4.48. The van der Waals surface area contributed by atoms with Crippen molar-refractivity contribution in [1.82, 2.24) is 15.2 Å². The first-order valence-corrected chi connectivity index (χ1v) is 13.8. The average Bonchev–Trinajstić information content (AvgIpc) is 3.40. The molecule has 0 spiro atoms. The lowest BCUT2D eigenvalue weighted by molar-refractivity contribution is -0.151. The van der Waals surface area contributed by atoms with Gasteiger partial charge in [-0.15, -0.1) is 11.3 Å². The summed E-state index contributed by atoms with van der Waals surface area (Å²) in [6.45, 7) is 0.302. The van der Waals surface area contributed by atoms with Crippen LogP contribution in [0.15, 0.2) is 50.5 Å². The number of carboxylic acids is 1. The molecular weight excluding hydrogens is 605 g/mol. The van der Waals surface area contributed by atoms with E-state index in [2.05, 4.69) is 26.2 Å². The fourth-order valence-corrected chi connectivity index (χ4v) is 5.63. The van der Waals surface area contributed by atoms with E-state index < -0.39 is 48.8 Å². The summed E-state index contributed by atoms with van der Waals surface area (Å²) in [7, 11) is 0. The number of piperidine rings is 1. The highest BCUT2D eigenvalue weighted by atomic mass is 79.9. The third kappa shape index (κ3) is 7.04. The van der Waals surface area contributed by atoms with Crippen molar-refractivity contribution >= 4 is 45.0 Å². The Morgan fingerprint density at radius 2 is 2.15 bits per heavy atom. The Morgan fingerprint density at radius 3 is 2.79 bits per heavy atom. The second-order valence-electron chi connectivity index (χ2n) is 8.99. The molecular formula is C25H26BrF3N4O5S. The Kier molecular flexibility index (Phi) is 9.41. The van der Waals surface area contributed by atoms with Crippen LogP contribution in [0.1, 0.15) is 30.0 Å². The van der Waals surface area contributed by atoms with E-state index in [0.717, 1.165) is 0 Å². The highest BCUT2D eigenvalue weighted by Gasteiger charge is 2.45. The van der Waals surface area contributed by atoms with Crippen molar-refractivity contribution in [2.75, 3.05) is 39.5 Å². The van der Waals surface area contributed by atoms with Crippen LogP contribution in [-0.2, 0) is 19.1 Å². The second kappa shape index (κ2) is 12.6. The molecule has 2 atom stereocenters. The maximum atomic E-state index is 15.0. The zero-order chi connectivity index (χ0) is 28.2. The molecule has 9 nitrogen and oxygen atoms in total. The Hall–Kier alpha value is -2.81. The van der Waals surface area contributed by atoms with Crippen LogP contribution >= 0.6 is 27.3 Å². The molecule has 2 aliphatic rings. The summed E-state index contributed by atoms with van der Waals surface area (Å²) >= 11 is 4.67. The molecule has 210 valence electrons. The number of esters is 1. The third-order valence-corrected chi connectivity index (χ3v) is 7.73. The lowest BCUT2D eigenvalue weighted by Gasteiger charge is -2.39. The van der Waals surface area contributed by atoms with E-state index >= 15 is 8.78 Å². The zero-order valence-corrected chi connectivity index (χ0v) is 23.2. The molecule has 0 bridgehead atoms. The minimum atomic E-state index is -3.15. The van der Waals surface area contributed by atoms with Gasteiger partial charge in [-0.1, -0.05) is 22.0 Å². The van der Waals surface area contributed by atoms with Crippen LogP contribution in [0.4, 0.5) is 13.2 Å². The van der Waals surface area contributed by atoms with Crippen LogP contribution < -0.4 is 5.32 Å². The number of hydrogen-bond donors (Lipinski definition) is 2. The maximum Gasteiger partial charge on any atom is 0.338 e. The van der Waals surface area contributed by atoms with Gasteiger partial charge in [-0.3, -0.25) is 9.89 Å². The van der Waals surface area contributed by atoms with Crippen molar-refractivity contribution in [3.05, 3.63) is 61.9 Å². The minimum absolute atomic E-state index is 0.0495. The summed E-state index contributed by atoms with van der Waals surface area (Å²) < 4.78 is 54.6. The molecule has 14 heteroatoms. The van der Waals surface area contributed by atoms with E-state index in [1.54, 1.807) is 18.5 Å². The number of carbonyl (C=O) groups is 2. The molecule has 0 amide bonds. The number of nitrogens with one attached hydrogen (secondary N) is 1. The zero-order valence-electron chi connectivity index (χ0n) is 20.8. The number of alkyl halides is 2. The van der Waals surface area contributed by atoms with Gasteiger partial charge in [0.2, 0.25) is 0 Å². The van der Waals surface area contributed by atoms with E-state index in [0.29, 0.717) is 26.6 Å². The van der Waals surface area contributed by atoms with Gasteiger partial charge in [0.05, 0.1) is 25.3 Å². The number of aliphatic imine (C=N–C) groups is 1. The van der Waals surface area contributed by atoms with Crippen LogP contribution in [0.2, 0.25) is 0 Å². The summed E-state index contributed by atoms with van der Waals surface area (Å²) in [6.07, 6.45) is 1.66. The molecule has 2 N–H and O–H groups in total. The number of nitrogens with zero attached hydrogens (tertiary/aromatic N) is 3. The van der Waals surface area contributed by atoms with Crippen LogP contribution in [-0.4, -0.2) is 78.1 Å². The third-order valence-electron chi connectivity index (χ3n) is 6.27. The topological polar surface area (TPSA) is 113 Å². The van der Waals surface area contributed by atoms with Gasteiger partial charge >= 0.3 is 11.9 Å². The molecule has 39 heavy (non-hydrogen) atoms. The van der Waals surface area contributed by atoms with Crippen LogP contribution in [0, 0.1) is 11.7 Å². The molecule has 0 radical (unpaired) electrons. The number of carbonyl (C=O) groups excluding carboxylic acids is 1. The molecule has 1 fully saturated rings. The first-order valence-electron chi connectivity index (χ1n) is 12.1. The smallest absolute Gasteiger partial charge is 0.338 e. The molecule has 1 aromatic heterocycles. The quantitative estimate of drug-likeness (QED) is 0.379. The van der Waals surface area contributed by atoms with E-state index in [1.807, 2.05) is 0 Å². The largest absolute Gasteiger partial charge is 0.480 e. The number of benzene rings is 1. The molecule has 3 heterocycles. The number of ether oxygens (including phenoxy) is 2. The standard InChI is InChI=1S/C25H26BrF3N4O5S/c1-2-38-24(36)20-18(10-33-7-5-14(25(28,29)13-33)11-37-12-19(34)35)31-22(23-30-6-8-39-23)32-21(20)16-4-3-15(27)9-17(16)26/h3-4,6,8-9,14,21H,2,5,7,10-13H2,1H3,(H,31,32)(H,34,35)/t14?,21-/m0/s1. The normalized spacial score (nSPS) is 21.3. The molecule has 1 unspecified atom stereocenters. The summed E-state index contributed by atoms with van der Waals surface area (Å²) in [5.74, 6) is -6.33. The molecule has 1 saturated heterocycles. The van der Waals surface area contributed by atoms with Gasteiger partial charge in [0, 0.05) is 34.2 Å². The lowest BCUT2D eigenvalue weighted by atomic mass is 9.92. The molecule has 0 saturated carbocycles. The van der Waals surface area contributed by atoms with Gasteiger partial charge in [0.25, 0.3) is 5.92 Å². The number of thiazole rings is 1. The molecule has 2 aliphatic heterocycles. The van der Waals surface area contributed by atoms with Gasteiger partial charge in [-0.2, -0.15) is 0 Å². The Morgan fingerprint density at radius 1 is 1.36 bits per heavy atom. The lowest BCUT2D eigenvalue weighted by Crippen LogP contribution is -2.51. The van der Waals surface area contributed by atoms with Crippen LogP contribution in [0.5, 0.6) is 0 Å². The maximum absolute atomic E-state index is 15.0. The van der Waals surface area contributed by atoms with Crippen LogP contribution in [0.25, 0.3) is 0 Å². The van der Waals surface area contributed by atoms with E-state index in [-0.39, 0.29) is 38.3 Å². The first-order chi connectivity index (χ1) is 18.6. The van der Waals surface area contributed by atoms with Crippen molar-refractivity contribution in [3.63, 3.8) is 0 Å². The molecule has 4 rings (SSSR count). The van der Waals surface area contributed by atoms with Gasteiger partial charge in [-0.05, 0) is 37.6 Å². The monoisotopic (exact) mass is 630 g/mol. The number of aliphatic carboxylic acids is 1. The molecule has 1 aromatic carbocycles. The van der Waals surface area contributed by atoms with E-state index in [9.17, 15) is 14.0 Å². The average molecular weight is 631 g/mol. The number of likely N-dealkylation sites (tertiary alicyclic amines) is 1. The van der Waals surface area contributed by atoms with Crippen LogP contribution in [0.3, 0.4) is 0 Å². The van der Waals surface area contributed by atoms with Crippen molar-refractivity contribution < 1.29 is 37.3 Å². The van der Waals surface area contributed by atoms with Crippen molar-refractivity contribution in [1.29, 1.82) is 0 Å². The second-order valence-corrected chi connectivity index (χ2v) is 10.7. The Labute approximate surface area is 234 Å². The van der Waals surface area contributed by atoms with Gasteiger partial charge in [0.1, 0.15) is 18.5 Å². The number of hydrogen-bond acceptors (Lipinski definition) is 9. The summed E-state index contributed by atoms with van der Waals surface area (Å²) in [6, 6.07) is 3.10. The SMILES string of the molecule is CCOC(=O)C1=C(CN2CCC(COCC(=O)O)C(F)(F)C2)NC(c2nccs2)=N[C@H]1c1ccc(F)cc1Br. The van der Waals surface area contributed by atoms with Gasteiger partial charge in [0.15, 0.2) is 10.8 Å². The fraction of sp³-hybridized carbons (Fsp3) is 0.440. The summed E-state index contributed by atoms with van der Waals surface area (Å²) in [4.78, 5) is 34.4. The summed E-state index contributed by atoms with van der Waals surface area (Å²) in [5.41, 5.74) is 0.943. The highest BCUT2D eigenvalue weighted by molar-refractivity contribution is 9.10. The van der Waals surface area contributed by atoms with Gasteiger partial charge in [-0.25, -0.2) is 27.7 Å². The number of halogens is 4. The number of rotatable bonds is 10. The predicted molar refractivity (Wildman–Crippen MR) is 140 cm³/mol. The van der Waals surface area contributed by atoms with Crippen molar-refractivity contribution in [2.24, 2.45) is 10.9 Å². The van der Waals surface area contributed by atoms with E-state index in [4.69, 9.17) is 19.6 Å². The number of amidine groups is 1. The Balaban J connectivity index is 1.67. The molecule has 2 aromatic rings. The highest BCUT2D eigenvalue weighted by Crippen LogP contribution is 2.38. The van der Waals surface area contributed by atoms with Gasteiger partial charge < -0.3 is 19.9 Å². The number of carboxylic acid groups (broad SMARTS) is 1. The van der Waals surface area contributed by atoms with Crippen molar-refractivity contribution in [2.45, 2.75) is 25.3 Å². The van der Waals surface area contributed by atoms with E-state index in [1.165, 1.54) is 34.4 Å². The minimum Gasteiger partial charge on any atom is -0.480 e. The summed E-state index contributed by atoms with van der Waals surface area (Å²) in [5, 5.41) is 14.1. The van der Waals surface area contributed by atoms with Crippen molar-refractivity contribution in [3.8, 4) is 0 Å².